The fraction of sp³-hybridized carbons (Fsp3) is 0.0588. The average Bonchev–Trinajstić information content (AvgIpc) is 3.08. The highest BCUT2D eigenvalue weighted by molar-refractivity contribution is 7.89. The second-order valence-electron chi connectivity index (χ2n) is 5.08. The third kappa shape index (κ3) is 3.84. The van der Waals surface area contributed by atoms with Gasteiger partial charge in [0.1, 0.15) is 5.82 Å². The van der Waals surface area contributed by atoms with Crippen LogP contribution in [0.4, 0.5) is 4.39 Å². The van der Waals surface area contributed by atoms with Gasteiger partial charge in [-0.15, -0.1) is 11.3 Å². The topological polar surface area (TPSA) is 46.2 Å². The Balaban J connectivity index is 1.99. The van der Waals surface area contributed by atoms with Crippen molar-refractivity contribution in [2.75, 3.05) is 0 Å². The highest BCUT2D eigenvalue weighted by atomic mass is 35.5. The zero-order valence-electron chi connectivity index (χ0n) is 12.3. The Labute approximate surface area is 148 Å². The van der Waals surface area contributed by atoms with Crippen LogP contribution < -0.4 is 4.72 Å². The van der Waals surface area contributed by atoms with Gasteiger partial charge in [0, 0.05) is 9.90 Å². The van der Waals surface area contributed by atoms with Gasteiger partial charge in [-0.2, -0.15) is 4.72 Å². The molecule has 0 fully saturated rings. The predicted octanol–water partition coefficient (Wildman–Crippen LogP) is 4.61. The smallest absolute Gasteiger partial charge is 0.207 e. The highest BCUT2D eigenvalue weighted by Gasteiger charge is 2.23. The molecular formula is C17H13ClFNO2S2. The molecule has 0 saturated carbocycles. The Bertz CT molecular complexity index is 925. The van der Waals surface area contributed by atoms with Crippen LogP contribution >= 0.6 is 22.9 Å². The van der Waals surface area contributed by atoms with Crippen LogP contribution in [0.1, 0.15) is 16.5 Å². The van der Waals surface area contributed by atoms with Crippen LogP contribution in [0.2, 0.25) is 5.02 Å². The second-order valence-corrected chi connectivity index (χ2v) is 8.21. The summed E-state index contributed by atoms with van der Waals surface area (Å²) in [6, 6.07) is 14.9. The van der Waals surface area contributed by atoms with Crippen molar-refractivity contribution in [2.45, 2.75) is 10.9 Å². The quantitative estimate of drug-likeness (QED) is 0.701. The molecule has 0 bridgehead atoms. The maximum Gasteiger partial charge on any atom is 0.241 e. The van der Waals surface area contributed by atoms with Crippen molar-refractivity contribution in [3.63, 3.8) is 0 Å². The summed E-state index contributed by atoms with van der Waals surface area (Å²) in [5.74, 6) is -0.374. The van der Waals surface area contributed by atoms with Crippen LogP contribution in [-0.4, -0.2) is 8.42 Å². The van der Waals surface area contributed by atoms with Crippen molar-refractivity contribution in [1.82, 2.24) is 4.72 Å². The predicted molar refractivity (Wildman–Crippen MR) is 94.3 cm³/mol. The normalized spacial score (nSPS) is 12.9. The largest absolute Gasteiger partial charge is 0.241 e. The van der Waals surface area contributed by atoms with E-state index in [-0.39, 0.29) is 10.7 Å². The first-order valence-corrected chi connectivity index (χ1v) is 9.76. The van der Waals surface area contributed by atoms with Crippen LogP contribution in [0.3, 0.4) is 0 Å². The number of sulfonamides is 1. The summed E-state index contributed by atoms with van der Waals surface area (Å²) in [5.41, 5.74) is 0.657. The number of rotatable bonds is 5. The Morgan fingerprint density at radius 2 is 1.79 bits per heavy atom. The molecule has 0 radical (unpaired) electrons. The van der Waals surface area contributed by atoms with Crippen molar-refractivity contribution in [1.29, 1.82) is 0 Å². The molecule has 24 heavy (non-hydrogen) atoms. The first kappa shape index (κ1) is 17.1. The molecule has 1 heterocycles. The van der Waals surface area contributed by atoms with E-state index in [0.717, 1.165) is 4.88 Å². The van der Waals surface area contributed by atoms with Crippen LogP contribution in [0.5, 0.6) is 0 Å². The van der Waals surface area contributed by atoms with E-state index in [4.69, 9.17) is 11.6 Å². The number of halogens is 2. The summed E-state index contributed by atoms with van der Waals surface area (Å²) in [6.07, 6.45) is 0. The summed E-state index contributed by atoms with van der Waals surface area (Å²) in [7, 11) is -3.79. The van der Waals surface area contributed by atoms with E-state index in [1.165, 1.54) is 35.6 Å². The Kier molecular flexibility index (Phi) is 5.01. The van der Waals surface area contributed by atoms with Crippen LogP contribution in [-0.2, 0) is 10.0 Å². The zero-order chi connectivity index (χ0) is 17.2. The van der Waals surface area contributed by atoms with Gasteiger partial charge in [0.25, 0.3) is 0 Å². The standard InChI is InChI=1S/C17H13ClFNO2S2/c18-13-3-1-4-15(11-13)24(21,22)20-17(16-5-2-10-23-16)12-6-8-14(19)9-7-12/h1-11,17,20H. The van der Waals surface area contributed by atoms with Gasteiger partial charge in [-0.3, -0.25) is 0 Å². The minimum atomic E-state index is -3.79. The molecular weight excluding hydrogens is 369 g/mol. The molecule has 0 aliphatic rings. The fourth-order valence-corrected chi connectivity index (χ4v) is 4.64. The Morgan fingerprint density at radius 3 is 2.42 bits per heavy atom. The van der Waals surface area contributed by atoms with Crippen LogP contribution in [0, 0.1) is 5.82 Å². The van der Waals surface area contributed by atoms with Gasteiger partial charge in [0.05, 0.1) is 10.9 Å². The third-order valence-corrected chi connectivity index (χ3v) is 6.00. The van der Waals surface area contributed by atoms with Crippen LogP contribution in [0.15, 0.2) is 70.9 Å². The fourth-order valence-electron chi connectivity index (χ4n) is 2.26. The maximum atomic E-state index is 13.2. The molecule has 0 aliphatic carbocycles. The second kappa shape index (κ2) is 7.03. The summed E-state index contributed by atoms with van der Waals surface area (Å²) in [5, 5.41) is 2.20. The zero-order valence-corrected chi connectivity index (χ0v) is 14.7. The van der Waals surface area contributed by atoms with E-state index in [9.17, 15) is 12.8 Å². The molecule has 1 aromatic heterocycles. The molecule has 7 heteroatoms. The lowest BCUT2D eigenvalue weighted by Crippen LogP contribution is -2.29. The highest BCUT2D eigenvalue weighted by Crippen LogP contribution is 2.28. The number of thiophene rings is 1. The Hall–Kier alpha value is -1.73. The lowest BCUT2D eigenvalue weighted by Gasteiger charge is -2.18. The monoisotopic (exact) mass is 381 g/mol. The van der Waals surface area contributed by atoms with Crippen molar-refractivity contribution >= 4 is 33.0 Å². The van der Waals surface area contributed by atoms with E-state index >= 15 is 0 Å². The summed E-state index contributed by atoms with van der Waals surface area (Å²) in [6.45, 7) is 0. The first-order chi connectivity index (χ1) is 11.5. The Morgan fingerprint density at radius 1 is 1.04 bits per heavy atom. The van der Waals surface area contributed by atoms with Gasteiger partial charge < -0.3 is 0 Å². The molecule has 0 spiro atoms. The molecule has 2 aromatic carbocycles. The molecule has 3 nitrogen and oxygen atoms in total. The van der Waals surface area contributed by atoms with E-state index in [2.05, 4.69) is 4.72 Å². The lowest BCUT2D eigenvalue weighted by molar-refractivity contribution is 0.573. The molecule has 1 N–H and O–H groups in total. The van der Waals surface area contributed by atoms with Gasteiger partial charge in [0.2, 0.25) is 10.0 Å². The minimum absolute atomic E-state index is 0.0821. The average molecular weight is 382 g/mol. The summed E-state index contributed by atoms with van der Waals surface area (Å²) in [4.78, 5) is 0.894. The summed E-state index contributed by atoms with van der Waals surface area (Å²) >= 11 is 7.31. The van der Waals surface area contributed by atoms with Crippen molar-refractivity contribution in [3.8, 4) is 0 Å². The number of benzene rings is 2. The van der Waals surface area contributed by atoms with Gasteiger partial charge >= 0.3 is 0 Å². The molecule has 1 atom stereocenters. The van der Waals surface area contributed by atoms with E-state index in [1.54, 1.807) is 24.3 Å². The van der Waals surface area contributed by atoms with Crippen molar-refractivity contribution in [2.24, 2.45) is 0 Å². The molecule has 0 saturated heterocycles. The minimum Gasteiger partial charge on any atom is -0.207 e. The van der Waals surface area contributed by atoms with E-state index in [1.807, 2.05) is 17.5 Å². The first-order valence-electron chi connectivity index (χ1n) is 7.02. The van der Waals surface area contributed by atoms with Crippen molar-refractivity contribution in [3.05, 3.63) is 87.3 Å². The molecule has 0 aliphatic heterocycles. The maximum absolute atomic E-state index is 13.2. The third-order valence-electron chi connectivity index (χ3n) is 3.41. The van der Waals surface area contributed by atoms with Gasteiger partial charge in [0.15, 0.2) is 0 Å². The molecule has 3 aromatic rings. The number of hydrogen-bond donors (Lipinski definition) is 1. The molecule has 0 amide bonds. The van der Waals surface area contributed by atoms with Crippen LogP contribution in [0.25, 0.3) is 0 Å². The van der Waals surface area contributed by atoms with Gasteiger partial charge in [-0.25, -0.2) is 12.8 Å². The van der Waals surface area contributed by atoms with Gasteiger partial charge in [-0.1, -0.05) is 35.9 Å². The number of hydrogen-bond acceptors (Lipinski definition) is 3. The number of nitrogens with one attached hydrogen (secondary N) is 1. The van der Waals surface area contributed by atoms with E-state index in [0.29, 0.717) is 10.6 Å². The SMILES string of the molecule is O=S(=O)(NC(c1ccc(F)cc1)c1cccs1)c1cccc(Cl)c1. The van der Waals surface area contributed by atoms with Crippen molar-refractivity contribution < 1.29 is 12.8 Å². The summed E-state index contributed by atoms with van der Waals surface area (Å²) < 4.78 is 41.2. The lowest BCUT2D eigenvalue weighted by atomic mass is 10.1. The molecule has 124 valence electrons. The molecule has 3 rings (SSSR count). The molecule has 1 unspecified atom stereocenters. The van der Waals surface area contributed by atoms with Gasteiger partial charge in [-0.05, 0) is 47.3 Å². The van der Waals surface area contributed by atoms with E-state index < -0.39 is 16.1 Å².